The molecule has 0 bridgehead atoms. The van der Waals surface area contributed by atoms with Crippen molar-refractivity contribution in [3.8, 4) is 5.75 Å². The predicted octanol–water partition coefficient (Wildman–Crippen LogP) is 3.76. The summed E-state index contributed by atoms with van der Waals surface area (Å²) in [6, 6.07) is 8.83. The average molecular weight is 315 g/mol. The molecule has 0 N–H and O–H groups in total. The van der Waals surface area contributed by atoms with Crippen molar-refractivity contribution in [1.29, 1.82) is 0 Å². The molecule has 0 amide bonds. The minimum Gasteiger partial charge on any atom is -0.497 e. The molecule has 124 valence electrons. The van der Waals surface area contributed by atoms with E-state index in [9.17, 15) is 0 Å². The Balaban J connectivity index is 1.78. The summed E-state index contributed by atoms with van der Waals surface area (Å²) in [5.41, 5.74) is 1.34. The van der Waals surface area contributed by atoms with Gasteiger partial charge in [-0.25, -0.2) is 0 Å². The molecule has 1 saturated heterocycles. The molecular formula is C18H25N3O2. The highest BCUT2D eigenvalue weighted by Gasteiger charge is 2.24. The molecule has 0 radical (unpaired) electrons. The second-order valence-electron chi connectivity index (χ2n) is 6.07. The van der Waals surface area contributed by atoms with E-state index in [1.54, 1.807) is 7.11 Å². The van der Waals surface area contributed by atoms with Gasteiger partial charge in [-0.15, -0.1) is 0 Å². The van der Waals surface area contributed by atoms with E-state index in [1.165, 1.54) is 31.2 Å². The first-order chi connectivity index (χ1) is 11.3. The van der Waals surface area contributed by atoms with Crippen LogP contribution in [0.15, 0.2) is 28.8 Å². The number of hydrogen-bond donors (Lipinski definition) is 0. The number of nitrogens with zero attached hydrogens (tertiary/aromatic N) is 3. The normalized spacial score (nSPS) is 19.5. The molecule has 2 aromatic rings. The second-order valence-corrected chi connectivity index (χ2v) is 6.07. The average Bonchev–Trinajstić information content (AvgIpc) is 2.92. The highest BCUT2D eigenvalue weighted by Crippen LogP contribution is 2.32. The summed E-state index contributed by atoms with van der Waals surface area (Å²) in [6.45, 7) is 3.84. The Hall–Kier alpha value is -1.88. The lowest BCUT2D eigenvalue weighted by Gasteiger charge is -2.29. The summed E-state index contributed by atoms with van der Waals surface area (Å²) in [7, 11) is 1.70. The summed E-state index contributed by atoms with van der Waals surface area (Å²) in [5.74, 6) is 2.41. The Bertz CT molecular complexity index is 609. The number of methoxy groups -OCH3 is 1. The highest BCUT2D eigenvalue weighted by molar-refractivity contribution is 5.29. The molecule has 1 unspecified atom stereocenters. The van der Waals surface area contributed by atoms with Gasteiger partial charge in [0.1, 0.15) is 5.75 Å². The molecule has 1 aromatic carbocycles. The molecule has 1 aromatic heterocycles. The van der Waals surface area contributed by atoms with Gasteiger partial charge in [0, 0.05) is 12.5 Å². The molecule has 2 heterocycles. The van der Waals surface area contributed by atoms with Crippen LogP contribution < -0.4 is 4.74 Å². The number of aryl methyl sites for hydroxylation is 1. The van der Waals surface area contributed by atoms with Gasteiger partial charge in [0.15, 0.2) is 5.82 Å². The van der Waals surface area contributed by atoms with E-state index in [-0.39, 0.29) is 0 Å². The second kappa shape index (κ2) is 7.59. The molecule has 0 saturated carbocycles. The summed E-state index contributed by atoms with van der Waals surface area (Å²) < 4.78 is 10.7. The first kappa shape index (κ1) is 16.0. The topological polar surface area (TPSA) is 51.4 Å². The van der Waals surface area contributed by atoms with E-state index in [2.05, 4.69) is 27.2 Å². The van der Waals surface area contributed by atoms with Gasteiger partial charge in [0.05, 0.1) is 13.7 Å². The Kier molecular flexibility index (Phi) is 5.28. The predicted molar refractivity (Wildman–Crippen MR) is 88.3 cm³/mol. The van der Waals surface area contributed by atoms with Crippen molar-refractivity contribution in [2.75, 3.05) is 13.7 Å². The largest absolute Gasteiger partial charge is 0.497 e. The third-order valence-corrected chi connectivity index (χ3v) is 4.53. The van der Waals surface area contributed by atoms with E-state index in [4.69, 9.17) is 9.26 Å². The zero-order valence-electron chi connectivity index (χ0n) is 14.0. The van der Waals surface area contributed by atoms with Gasteiger partial charge in [-0.05, 0) is 37.1 Å². The minimum atomic E-state index is 0.403. The van der Waals surface area contributed by atoms with Crippen LogP contribution in [0.1, 0.15) is 55.9 Å². The molecule has 0 aliphatic carbocycles. The van der Waals surface area contributed by atoms with E-state index in [0.717, 1.165) is 37.0 Å². The fourth-order valence-corrected chi connectivity index (χ4v) is 3.23. The maximum absolute atomic E-state index is 5.40. The molecule has 0 spiro atoms. The lowest BCUT2D eigenvalue weighted by molar-refractivity contribution is 0.168. The van der Waals surface area contributed by atoms with E-state index in [1.807, 2.05) is 19.1 Å². The Morgan fingerprint density at radius 3 is 2.74 bits per heavy atom. The molecule has 23 heavy (non-hydrogen) atoms. The van der Waals surface area contributed by atoms with Crippen LogP contribution in [0.25, 0.3) is 0 Å². The molecule has 5 heteroatoms. The maximum atomic E-state index is 5.40. The first-order valence-corrected chi connectivity index (χ1v) is 8.49. The summed E-state index contributed by atoms with van der Waals surface area (Å²) in [6.07, 6.45) is 5.75. The number of rotatable bonds is 5. The molecular weight excluding hydrogens is 290 g/mol. The van der Waals surface area contributed by atoms with E-state index in [0.29, 0.717) is 6.04 Å². The van der Waals surface area contributed by atoms with Crippen LogP contribution in [-0.4, -0.2) is 28.7 Å². The third kappa shape index (κ3) is 3.91. The van der Waals surface area contributed by atoms with Crippen molar-refractivity contribution < 1.29 is 9.26 Å². The Morgan fingerprint density at radius 2 is 2.04 bits per heavy atom. The van der Waals surface area contributed by atoms with Gasteiger partial charge < -0.3 is 9.26 Å². The zero-order valence-corrected chi connectivity index (χ0v) is 14.0. The van der Waals surface area contributed by atoms with Crippen molar-refractivity contribution in [2.45, 2.75) is 51.6 Å². The highest BCUT2D eigenvalue weighted by atomic mass is 16.5. The third-order valence-electron chi connectivity index (χ3n) is 4.53. The summed E-state index contributed by atoms with van der Waals surface area (Å²) >= 11 is 0. The van der Waals surface area contributed by atoms with Crippen molar-refractivity contribution >= 4 is 0 Å². The van der Waals surface area contributed by atoms with Gasteiger partial charge in [0.2, 0.25) is 5.89 Å². The van der Waals surface area contributed by atoms with Crippen LogP contribution in [0.4, 0.5) is 0 Å². The minimum absolute atomic E-state index is 0.403. The van der Waals surface area contributed by atoms with Crippen molar-refractivity contribution in [1.82, 2.24) is 15.0 Å². The Labute approximate surface area is 137 Å². The molecule has 3 rings (SSSR count). The lowest BCUT2D eigenvalue weighted by Crippen LogP contribution is -2.28. The van der Waals surface area contributed by atoms with E-state index >= 15 is 0 Å². The standard InChI is InChI=1S/C18H25N3O2/c1-3-17-19-18(23-20-17)13-21-12-6-4-5-7-16(21)14-8-10-15(22-2)11-9-14/h8-11,16H,3-7,12-13H2,1-2H3. The fourth-order valence-electron chi connectivity index (χ4n) is 3.23. The summed E-state index contributed by atoms with van der Waals surface area (Å²) in [5, 5.41) is 4.01. The summed E-state index contributed by atoms with van der Waals surface area (Å²) in [4.78, 5) is 6.94. The Morgan fingerprint density at radius 1 is 1.22 bits per heavy atom. The van der Waals surface area contributed by atoms with Crippen LogP contribution in [0.5, 0.6) is 5.75 Å². The number of aromatic nitrogens is 2. The van der Waals surface area contributed by atoms with Crippen molar-refractivity contribution in [3.63, 3.8) is 0 Å². The van der Waals surface area contributed by atoms with Gasteiger partial charge in [0.25, 0.3) is 0 Å². The molecule has 1 atom stereocenters. The number of hydrogen-bond acceptors (Lipinski definition) is 5. The van der Waals surface area contributed by atoms with Gasteiger partial charge in [-0.3, -0.25) is 4.90 Å². The molecule has 1 aliphatic heterocycles. The quantitative estimate of drug-likeness (QED) is 0.841. The van der Waals surface area contributed by atoms with Gasteiger partial charge >= 0.3 is 0 Å². The smallest absolute Gasteiger partial charge is 0.240 e. The first-order valence-electron chi connectivity index (χ1n) is 8.49. The number of likely N-dealkylation sites (tertiary alicyclic amines) is 1. The van der Waals surface area contributed by atoms with Crippen molar-refractivity contribution in [2.24, 2.45) is 0 Å². The van der Waals surface area contributed by atoms with Crippen LogP contribution in [0, 0.1) is 0 Å². The van der Waals surface area contributed by atoms with Gasteiger partial charge in [-0.2, -0.15) is 4.98 Å². The maximum Gasteiger partial charge on any atom is 0.240 e. The lowest BCUT2D eigenvalue weighted by atomic mass is 10.0. The molecule has 5 nitrogen and oxygen atoms in total. The number of ether oxygens (including phenoxy) is 1. The molecule has 1 aliphatic rings. The van der Waals surface area contributed by atoms with Gasteiger partial charge in [-0.1, -0.05) is 37.1 Å². The zero-order chi connectivity index (χ0) is 16.1. The van der Waals surface area contributed by atoms with Crippen molar-refractivity contribution in [3.05, 3.63) is 41.5 Å². The van der Waals surface area contributed by atoms with Crippen LogP contribution in [0.3, 0.4) is 0 Å². The number of benzene rings is 1. The SMILES string of the molecule is CCc1noc(CN2CCCCCC2c2ccc(OC)cc2)n1. The molecule has 1 fully saturated rings. The fraction of sp³-hybridized carbons (Fsp3) is 0.556. The monoisotopic (exact) mass is 315 g/mol. The van der Waals surface area contributed by atoms with E-state index < -0.39 is 0 Å². The van der Waals surface area contributed by atoms with Crippen LogP contribution in [-0.2, 0) is 13.0 Å². The van der Waals surface area contributed by atoms with Crippen LogP contribution in [0.2, 0.25) is 0 Å². The van der Waals surface area contributed by atoms with Crippen LogP contribution >= 0.6 is 0 Å².